The van der Waals surface area contributed by atoms with E-state index in [9.17, 15) is 13.2 Å². The largest absolute Gasteiger partial charge is 0.481 e. The fraction of sp³-hybridized carbons (Fsp3) is 0.462. The molecule has 0 bridgehead atoms. The lowest BCUT2D eigenvalue weighted by atomic mass is 9.99. The summed E-state index contributed by atoms with van der Waals surface area (Å²) < 4.78 is 26.4. The van der Waals surface area contributed by atoms with Crippen LogP contribution in [0.2, 0.25) is 5.02 Å². The average molecular weight is 318 g/mol. The molecule has 1 aliphatic heterocycles. The Morgan fingerprint density at radius 3 is 2.60 bits per heavy atom. The highest BCUT2D eigenvalue weighted by atomic mass is 35.5. The summed E-state index contributed by atoms with van der Waals surface area (Å²) in [5.74, 6) is -1.83. The Morgan fingerprint density at radius 1 is 1.40 bits per heavy atom. The minimum Gasteiger partial charge on any atom is -0.481 e. The van der Waals surface area contributed by atoms with Gasteiger partial charge >= 0.3 is 5.97 Å². The van der Waals surface area contributed by atoms with Gasteiger partial charge in [-0.05, 0) is 30.5 Å². The molecule has 5 nitrogen and oxygen atoms in total. The molecule has 1 saturated heterocycles. The topological polar surface area (TPSA) is 74.7 Å². The van der Waals surface area contributed by atoms with Gasteiger partial charge < -0.3 is 5.11 Å². The van der Waals surface area contributed by atoms with Gasteiger partial charge in [-0.2, -0.15) is 4.31 Å². The van der Waals surface area contributed by atoms with Gasteiger partial charge in [0.25, 0.3) is 0 Å². The molecule has 1 aromatic carbocycles. The van der Waals surface area contributed by atoms with E-state index >= 15 is 0 Å². The van der Waals surface area contributed by atoms with Gasteiger partial charge in [-0.25, -0.2) is 8.42 Å². The van der Waals surface area contributed by atoms with Crippen molar-refractivity contribution in [2.24, 2.45) is 11.8 Å². The molecule has 0 amide bonds. The maximum absolute atomic E-state index is 12.6. The first-order valence-corrected chi connectivity index (χ1v) is 8.04. The van der Waals surface area contributed by atoms with E-state index < -0.39 is 21.9 Å². The summed E-state index contributed by atoms with van der Waals surface area (Å²) in [6.45, 7) is 3.66. The Labute approximate surface area is 123 Å². The van der Waals surface area contributed by atoms with Crippen molar-refractivity contribution in [1.29, 1.82) is 0 Å². The first-order valence-electron chi connectivity index (χ1n) is 6.22. The molecule has 1 N–H and O–H groups in total. The number of carboxylic acid groups (broad SMARTS) is 1. The molecule has 1 fully saturated rings. The number of aryl methyl sites for hydroxylation is 1. The molecular weight excluding hydrogens is 302 g/mol. The molecule has 1 aromatic rings. The molecule has 0 spiro atoms. The summed E-state index contributed by atoms with van der Waals surface area (Å²) in [7, 11) is -3.71. The number of aliphatic carboxylic acids is 1. The molecule has 20 heavy (non-hydrogen) atoms. The quantitative estimate of drug-likeness (QED) is 0.925. The van der Waals surface area contributed by atoms with Crippen LogP contribution in [-0.2, 0) is 14.8 Å². The van der Waals surface area contributed by atoms with Crippen molar-refractivity contribution in [1.82, 2.24) is 4.31 Å². The number of sulfonamides is 1. The third kappa shape index (κ3) is 2.68. The van der Waals surface area contributed by atoms with Crippen LogP contribution in [0.1, 0.15) is 12.5 Å². The summed E-state index contributed by atoms with van der Waals surface area (Å²) >= 11 is 5.86. The first-order chi connectivity index (χ1) is 9.23. The molecule has 0 saturated carbocycles. The molecule has 0 aliphatic carbocycles. The highest BCUT2D eigenvalue weighted by molar-refractivity contribution is 7.89. The molecule has 110 valence electrons. The number of carbonyl (C=O) groups is 1. The lowest BCUT2D eigenvalue weighted by Crippen LogP contribution is -2.30. The van der Waals surface area contributed by atoms with Crippen LogP contribution >= 0.6 is 11.6 Å². The second-order valence-corrected chi connectivity index (χ2v) is 7.50. The zero-order valence-electron chi connectivity index (χ0n) is 11.2. The highest BCUT2D eigenvalue weighted by Gasteiger charge is 2.41. The Balaban J connectivity index is 2.37. The van der Waals surface area contributed by atoms with Crippen LogP contribution in [0.5, 0.6) is 0 Å². The van der Waals surface area contributed by atoms with Crippen molar-refractivity contribution in [2.75, 3.05) is 13.1 Å². The van der Waals surface area contributed by atoms with E-state index in [0.29, 0.717) is 10.6 Å². The average Bonchev–Trinajstić information content (AvgIpc) is 2.75. The van der Waals surface area contributed by atoms with Crippen LogP contribution in [0.25, 0.3) is 0 Å². The summed E-state index contributed by atoms with van der Waals surface area (Å²) in [5.41, 5.74) is 0.598. The maximum Gasteiger partial charge on any atom is 0.308 e. The number of hydrogen-bond donors (Lipinski definition) is 1. The molecule has 2 atom stereocenters. The predicted molar refractivity (Wildman–Crippen MR) is 75.2 cm³/mol. The van der Waals surface area contributed by atoms with Crippen molar-refractivity contribution in [3.8, 4) is 0 Å². The molecular formula is C13H16ClNO4S. The molecule has 1 heterocycles. The van der Waals surface area contributed by atoms with Gasteiger partial charge in [-0.1, -0.05) is 24.6 Å². The van der Waals surface area contributed by atoms with Crippen molar-refractivity contribution in [2.45, 2.75) is 18.7 Å². The van der Waals surface area contributed by atoms with E-state index in [1.54, 1.807) is 26.0 Å². The molecule has 1 aliphatic rings. The van der Waals surface area contributed by atoms with Crippen molar-refractivity contribution < 1.29 is 18.3 Å². The number of carboxylic acids is 1. The Bertz CT molecular complexity index is 644. The smallest absolute Gasteiger partial charge is 0.308 e. The van der Waals surface area contributed by atoms with Gasteiger partial charge in [0.2, 0.25) is 10.0 Å². The Hall–Kier alpha value is -1.11. The minimum atomic E-state index is -3.71. The van der Waals surface area contributed by atoms with Crippen molar-refractivity contribution in [3.63, 3.8) is 0 Å². The molecule has 0 aromatic heterocycles. The number of benzene rings is 1. The third-order valence-electron chi connectivity index (χ3n) is 3.66. The van der Waals surface area contributed by atoms with Crippen LogP contribution in [0.15, 0.2) is 23.1 Å². The van der Waals surface area contributed by atoms with E-state index in [1.165, 1.54) is 10.4 Å². The summed E-state index contributed by atoms with van der Waals surface area (Å²) in [4.78, 5) is 11.2. The van der Waals surface area contributed by atoms with Crippen LogP contribution in [0.3, 0.4) is 0 Å². The van der Waals surface area contributed by atoms with E-state index in [-0.39, 0.29) is 23.9 Å². The fourth-order valence-corrected chi connectivity index (χ4v) is 4.49. The number of nitrogens with zero attached hydrogens (tertiary/aromatic N) is 1. The van der Waals surface area contributed by atoms with Crippen LogP contribution < -0.4 is 0 Å². The SMILES string of the molecule is Cc1ccc(Cl)cc1S(=O)(=O)N1C[C@@H](C)[C@H](C(=O)O)C1. The summed E-state index contributed by atoms with van der Waals surface area (Å²) in [6.07, 6.45) is 0. The zero-order chi connectivity index (χ0) is 15.1. The van der Waals surface area contributed by atoms with E-state index in [1.807, 2.05) is 0 Å². The second-order valence-electron chi connectivity index (χ2n) is 5.15. The van der Waals surface area contributed by atoms with E-state index in [4.69, 9.17) is 16.7 Å². The summed E-state index contributed by atoms with van der Waals surface area (Å²) in [6, 6.07) is 4.68. The third-order valence-corrected chi connectivity index (χ3v) is 5.87. The standard InChI is InChI=1S/C13H16ClNO4S/c1-8-3-4-10(14)5-12(8)20(18,19)15-6-9(2)11(7-15)13(16)17/h3-5,9,11H,6-7H2,1-2H3,(H,16,17)/t9-,11-/m1/s1. The van der Waals surface area contributed by atoms with Crippen LogP contribution in [0, 0.1) is 18.8 Å². The van der Waals surface area contributed by atoms with Gasteiger partial charge in [0.15, 0.2) is 0 Å². The molecule has 7 heteroatoms. The first kappa shape index (κ1) is 15.3. The monoisotopic (exact) mass is 317 g/mol. The van der Waals surface area contributed by atoms with E-state index in [2.05, 4.69) is 0 Å². The van der Waals surface area contributed by atoms with Gasteiger partial charge in [0, 0.05) is 18.1 Å². The minimum absolute atomic E-state index is 0.00475. The molecule has 2 rings (SSSR count). The van der Waals surface area contributed by atoms with Gasteiger partial charge in [-0.3, -0.25) is 4.79 Å². The number of halogens is 1. The van der Waals surface area contributed by atoms with Gasteiger partial charge in [0.05, 0.1) is 10.8 Å². The van der Waals surface area contributed by atoms with Gasteiger partial charge in [-0.15, -0.1) is 0 Å². The van der Waals surface area contributed by atoms with Crippen LogP contribution in [0.4, 0.5) is 0 Å². The summed E-state index contributed by atoms with van der Waals surface area (Å²) in [5, 5.41) is 9.44. The number of rotatable bonds is 3. The Morgan fingerprint density at radius 2 is 2.05 bits per heavy atom. The molecule has 0 unspecified atom stereocenters. The maximum atomic E-state index is 12.6. The van der Waals surface area contributed by atoms with Gasteiger partial charge in [0.1, 0.15) is 0 Å². The highest BCUT2D eigenvalue weighted by Crippen LogP contribution is 2.30. The molecule has 0 radical (unpaired) electrons. The normalized spacial score (nSPS) is 23.9. The lowest BCUT2D eigenvalue weighted by molar-refractivity contribution is -0.142. The van der Waals surface area contributed by atoms with E-state index in [0.717, 1.165) is 0 Å². The van der Waals surface area contributed by atoms with Crippen LogP contribution in [-0.4, -0.2) is 36.9 Å². The Kier molecular flexibility index (Phi) is 4.09. The predicted octanol–water partition coefficient (Wildman–Crippen LogP) is 1.99. The zero-order valence-corrected chi connectivity index (χ0v) is 12.8. The van der Waals surface area contributed by atoms with Crippen molar-refractivity contribution in [3.05, 3.63) is 28.8 Å². The number of hydrogen-bond acceptors (Lipinski definition) is 3. The lowest BCUT2D eigenvalue weighted by Gasteiger charge is -2.17. The van der Waals surface area contributed by atoms with Crippen molar-refractivity contribution >= 4 is 27.6 Å². The second kappa shape index (κ2) is 5.35. The fourth-order valence-electron chi connectivity index (χ4n) is 2.43.